The summed E-state index contributed by atoms with van der Waals surface area (Å²) in [5, 5.41) is 19.1. The second-order valence-electron chi connectivity index (χ2n) is 10.8. The van der Waals surface area contributed by atoms with Gasteiger partial charge in [0.1, 0.15) is 11.9 Å². The minimum atomic E-state index is -0.958. The Morgan fingerprint density at radius 3 is 2.57 bits per heavy atom. The van der Waals surface area contributed by atoms with Crippen molar-refractivity contribution in [3.63, 3.8) is 0 Å². The molecule has 35 heavy (non-hydrogen) atoms. The lowest BCUT2D eigenvalue weighted by Crippen LogP contribution is -2.52. The van der Waals surface area contributed by atoms with Crippen molar-refractivity contribution in [1.29, 1.82) is 0 Å². The second kappa shape index (κ2) is 8.10. The van der Waals surface area contributed by atoms with E-state index in [1.807, 2.05) is 18.9 Å². The standard InChI is InChI=1S/C26H29F2N5O2/c1-25-7-8-26(2,14-25)23(28)18(12-25)32(3)21-13-29-24(31-30-21)17-6-5-15(9-19(17)34)16-10-20(27)33(4)22(35)11-16/h5-6,9-11,13,18,23,34H,7-8,12,14H2,1-4H3/t18-,23-,25-,26-/m0/s1. The van der Waals surface area contributed by atoms with Crippen LogP contribution in [0.1, 0.15) is 39.5 Å². The van der Waals surface area contributed by atoms with Gasteiger partial charge in [0.05, 0.1) is 17.8 Å². The molecule has 4 atom stereocenters. The third-order valence-corrected chi connectivity index (χ3v) is 8.02. The van der Waals surface area contributed by atoms with E-state index in [2.05, 4.69) is 22.1 Å². The van der Waals surface area contributed by atoms with Crippen molar-refractivity contribution in [3.05, 3.63) is 52.8 Å². The first-order chi connectivity index (χ1) is 16.5. The zero-order valence-corrected chi connectivity index (χ0v) is 20.3. The largest absolute Gasteiger partial charge is 0.507 e. The molecule has 2 bridgehead atoms. The summed E-state index contributed by atoms with van der Waals surface area (Å²) < 4.78 is 30.4. The van der Waals surface area contributed by atoms with E-state index in [-0.39, 0.29) is 28.4 Å². The molecule has 2 saturated carbocycles. The number of hydrogen-bond donors (Lipinski definition) is 1. The number of rotatable bonds is 4. The van der Waals surface area contributed by atoms with Crippen LogP contribution < -0.4 is 10.5 Å². The Balaban J connectivity index is 1.39. The maximum absolute atomic E-state index is 15.5. The van der Waals surface area contributed by atoms with E-state index in [0.717, 1.165) is 30.3 Å². The van der Waals surface area contributed by atoms with Crippen molar-refractivity contribution < 1.29 is 13.9 Å². The molecule has 0 saturated heterocycles. The fourth-order valence-corrected chi connectivity index (χ4v) is 5.95. The Bertz CT molecular complexity index is 1340. The predicted molar refractivity (Wildman–Crippen MR) is 129 cm³/mol. The normalized spacial score (nSPS) is 27.7. The minimum Gasteiger partial charge on any atom is -0.507 e. The summed E-state index contributed by atoms with van der Waals surface area (Å²) in [6, 6.07) is 6.92. The van der Waals surface area contributed by atoms with Crippen LogP contribution in [0.3, 0.4) is 0 Å². The van der Waals surface area contributed by atoms with E-state index in [1.54, 1.807) is 18.3 Å². The number of aromatic nitrogens is 4. The van der Waals surface area contributed by atoms with E-state index >= 15 is 4.39 Å². The first-order valence-corrected chi connectivity index (χ1v) is 11.8. The van der Waals surface area contributed by atoms with Crippen LogP contribution in [0.25, 0.3) is 22.5 Å². The van der Waals surface area contributed by atoms with Gasteiger partial charge >= 0.3 is 0 Å². The average Bonchev–Trinajstić information content (AvgIpc) is 3.11. The van der Waals surface area contributed by atoms with Gasteiger partial charge in [-0.3, -0.25) is 9.36 Å². The fourth-order valence-electron chi connectivity index (χ4n) is 5.95. The maximum atomic E-state index is 15.5. The number of fused-ring (bicyclic) bond motifs is 2. The second-order valence-corrected chi connectivity index (χ2v) is 10.8. The first kappa shape index (κ1) is 23.4. The van der Waals surface area contributed by atoms with Crippen LogP contribution in [0.4, 0.5) is 14.6 Å². The molecule has 7 nitrogen and oxygen atoms in total. The van der Waals surface area contributed by atoms with Crippen LogP contribution in [-0.2, 0) is 7.05 Å². The molecule has 184 valence electrons. The molecule has 0 aliphatic heterocycles. The Labute approximate surface area is 202 Å². The van der Waals surface area contributed by atoms with Gasteiger partial charge in [-0.05, 0) is 60.4 Å². The quantitative estimate of drug-likeness (QED) is 0.553. The molecule has 0 radical (unpaired) electrons. The molecule has 0 spiro atoms. The van der Waals surface area contributed by atoms with Crippen molar-refractivity contribution in [2.75, 3.05) is 11.9 Å². The highest BCUT2D eigenvalue weighted by atomic mass is 19.1. The van der Waals surface area contributed by atoms with Gasteiger partial charge in [-0.2, -0.15) is 4.39 Å². The number of aromatic hydroxyl groups is 1. The minimum absolute atomic E-state index is 0.125. The number of phenols is 1. The van der Waals surface area contributed by atoms with Crippen LogP contribution >= 0.6 is 0 Å². The molecular formula is C26H29F2N5O2. The summed E-state index contributed by atoms with van der Waals surface area (Å²) in [5.74, 6) is -0.116. The lowest BCUT2D eigenvalue weighted by molar-refractivity contribution is 0.0380. The number of phenolic OH excluding ortho intramolecular Hbond substituents is 1. The number of halogens is 2. The lowest BCUT2D eigenvalue weighted by Gasteiger charge is -2.46. The van der Waals surface area contributed by atoms with Crippen LogP contribution in [-0.4, -0.2) is 44.1 Å². The van der Waals surface area contributed by atoms with E-state index in [4.69, 9.17) is 0 Å². The highest BCUT2D eigenvalue weighted by Crippen LogP contribution is 2.59. The Morgan fingerprint density at radius 2 is 1.91 bits per heavy atom. The Hall–Kier alpha value is -3.36. The number of nitrogens with zero attached hydrogens (tertiary/aromatic N) is 5. The average molecular weight is 482 g/mol. The number of anilines is 1. The van der Waals surface area contributed by atoms with Crippen molar-refractivity contribution in [1.82, 2.24) is 19.7 Å². The smallest absolute Gasteiger partial charge is 0.253 e. The van der Waals surface area contributed by atoms with E-state index < -0.39 is 17.7 Å². The maximum Gasteiger partial charge on any atom is 0.253 e. The fraction of sp³-hybridized carbons (Fsp3) is 0.462. The molecular weight excluding hydrogens is 452 g/mol. The number of alkyl halides is 1. The molecule has 2 fully saturated rings. The monoisotopic (exact) mass is 481 g/mol. The van der Waals surface area contributed by atoms with Gasteiger partial charge in [-0.15, -0.1) is 10.2 Å². The van der Waals surface area contributed by atoms with Crippen molar-refractivity contribution >= 4 is 5.82 Å². The molecule has 1 N–H and O–H groups in total. The summed E-state index contributed by atoms with van der Waals surface area (Å²) >= 11 is 0. The number of hydrogen-bond acceptors (Lipinski definition) is 6. The summed E-state index contributed by atoms with van der Waals surface area (Å²) in [6.45, 7) is 4.29. The molecule has 9 heteroatoms. The molecule has 5 rings (SSSR count). The molecule has 2 aliphatic carbocycles. The van der Waals surface area contributed by atoms with Crippen LogP contribution in [0.2, 0.25) is 0 Å². The van der Waals surface area contributed by atoms with Crippen molar-refractivity contribution in [2.45, 2.75) is 51.7 Å². The van der Waals surface area contributed by atoms with Crippen molar-refractivity contribution in [3.8, 4) is 28.3 Å². The highest BCUT2D eigenvalue weighted by molar-refractivity contribution is 5.72. The van der Waals surface area contributed by atoms with Gasteiger partial charge in [-0.1, -0.05) is 19.9 Å². The lowest BCUT2D eigenvalue weighted by atomic mass is 9.67. The number of pyridine rings is 1. The van der Waals surface area contributed by atoms with Crippen LogP contribution in [0.5, 0.6) is 5.75 Å². The third kappa shape index (κ3) is 3.96. The zero-order chi connectivity index (χ0) is 25.1. The van der Waals surface area contributed by atoms with Gasteiger partial charge in [0.15, 0.2) is 17.6 Å². The third-order valence-electron chi connectivity index (χ3n) is 8.02. The highest BCUT2D eigenvalue weighted by Gasteiger charge is 2.56. The summed E-state index contributed by atoms with van der Waals surface area (Å²) in [7, 11) is 3.18. The van der Waals surface area contributed by atoms with Gasteiger partial charge in [0, 0.05) is 25.6 Å². The molecule has 2 aliphatic rings. The van der Waals surface area contributed by atoms with Gasteiger partial charge < -0.3 is 10.0 Å². The molecule has 1 aromatic carbocycles. The molecule has 0 unspecified atom stereocenters. The summed E-state index contributed by atoms with van der Waals surface area (Å²) in [6.07, 6.45) is 4.19. The van der Waals surface area contributed by atoms with Gasteiger partial charge in [-0.25, -0.2) is 9.37 Å². The topological polar surface area (TPSA) is 84.1 Å². The molecule has 3 aromatic rings. The molecule has 2 aromatic heterocycles. The Kier molecular flexibility index (Phi) is 5.41. The van der Waals surface area contributed by atoms with Crippen LogP contribution in [0, 0.1) is 16.8 Å². The summed E-state index contributed by atoms with van der Waals surface area (Å²) in [5.41, 5.74) is 0.519. The summed E-state index contributed by atoms with van der Waals surface area (Å²) in [4.78, 5) is 18.1. The Morgan fingerprint density at radius 1 is 1.14 bits per heavy atom. The van der Waals surface area contributed by atoms with Gasteiger partial charge in [0.25, 0.3) is 5.56 Å². The van der Waals surface area contributed by atoms with E-state index in [9.17, 15) is 14.3 Å². The molecule has 2 heterocycles. The van der Waals surface area contributed by atoms with E-state index in [0.29, 0.717) is 22.5 Å². The van der Waals surface area contributed by atoms with Crippen LogP contribution in [0.15, 0.2) is 41.3 Å². The van der Waals surface area contributed by atoms with E-state index in [1.165, 1.54) is 25.2 Å². The predicted octanol–water partition coefficient (Wildman–Crippen LogP) is 4.49. The number of benzene rings is 1. The van der Waals surface area contributed by atoms with Crippen molar-refractivity contribution in [2.24, 2.45) is 17.9 Å². The molecule has 0 amide bonds. The zero-order valence-electron chi connectivity index (χ0n) is 20.3. The SMILES string of the molecule is CN(c1cnc(-c2ccc(-c3cc(F)n(C)c(=O)c3)cc2O)nn1)[C@H]1C[C@]2(C)CC[C@@](C)(C2)[C@H]1F. The van der Waals surface area contributed by atoms with Gasteiger partial charge in [0.2, 0.25) is 0 Å². The first-order valence-electron chi connectivity index (χ1n) is 11.8.